The van der Waals surface area contributed by atoms with Crippen LogP contribution in [-0.4, -0.2) is 77.5 Å². The first-order chi connectivity index (χ1) is 16.3. The summed E-state index contributed by atoms with van der Waals surface area (Å²) < 4.78 is 0. The van der Waals surface area contributed by atoms with E-state index < -0.39 is 47.9 Å². The normalized spacial score (nSPS) is 15.3. The number of rotatable bonds is 17. The molecule has 5 unspecified atom stereocenters. The summed E-state index contributed by atoms with van der Waals surface area (Å²) in [5, 5.41) is 17.3. The molecule has 0 saturated carbocycles. The van der Waals surface area contributed by atoms with Crippen LogP contribution in [0.1, 0.15) is 53.4 Å². The van der Waals surface area contributed by atoms with Crippen molar-refractivity contribution in [3.05, 3.63) is 0 Å². The van der Waals surface area contributed by atoms with Crippen molar-refractivity contribution in [3.63, 3.8) is 0 Å². The molecule has 0 aromatic heterocycles. The number of hydrogen-bond donors (Lipinski definition) is 7. The molecule has 0 aromatic carbocycles. The predicted molar refractivity (Wildman–Crippen MR) is 139 cm³/mol. The van der Waals surface area contributed by atoms with Gasteiger partial charge in [-0.2, -0.15) is 11.8 Å². The molecule has 0 saturated heterocycles. The van der Waals surface area contributed by atoms with Crippen LogP contribution in [0, 0.1) is 11.8 Å². The largest absolute Gasteiger partial charge is 0.480 e. The van der Waals surface area contributed by atoms with E-state index in [1.807, 2.05) is 13.2 Å². The Kier molecular flexibility index (Phi) is 15.7. The maximum Gasteiger partial charge on any atom is 0.326 e. The average Bonchev–Trinajstić information content (AvgIpc) is 2.79. The van der Waals surface area contributed by atoms with E-state index in [1.165, 1.54) is 11.8 Å². The molecule has 35 heavy (non-hydrogen) atoms. The molecule has 0 heterocycles. The number of thioether (sulfide) groups is 1. The van der Waals surface area contributed by atoms with E-state index in [0.717, 1.165) is 0 Å². The van der Waals surface area contributed by atoms with Gasteiger partial charge in [0.25, 0.3) is 0 Å². The van der Waals surface area contributed by atoms with Crippen LogP contribution < -0.4 is 33.2 Å². The van der Waals surface area contributed by atoms with Gasteiger partial charge in [0, 0.05) is 6.54 Å². The van der Waals surface area contributed by atoms with E-state index >= 15 is 0 Å². The van der Waals surface area contributed by atoms with Crippen LogP contribution in [0.4, 0.5) is 0 Å². The molecule has 12 nitrogen and oxygen atoms in total. The fourth-order valence-electron chi connectivity index (χ4n) is 3.15. The van der Waals surface area contributed by atoms with Gasteiger partial charge in [-0.1, -0.05) is 34.1 Å². The maximum atomic E-state index is 13.1. The molecule has 0 aromatic rings. The van der Waals surface area contributed by atoms with Crippen molar-refractivity contribution >= 4 is 41.4 Å². The molecule has 10 N–H and O–H groups in total. The molecule has 5 atom stereocenters. The summed E-state index contributed by atoms with van der Waals surface area (Å²) in [6.07, 6.45) is 3.48. The van der Waals surface area contributed by atoms with E-state index in [1.54, 1.807) is 20.8 Å². The zero-order valence-corrected chi connectivity index (χ0v) is 22.2. The van der Waals surface area contributed by atoms with Gasteiger partial charge in [0.2, 0.25) is 17.7 Å². The van der Waals surface area contributed by atoms with E-state index in [9.17, 15) is 24.3 Å². The number of nitrogens with one attached hydrogen (secondary N) is 3. The number of aliphatic carboxylic acids is 1. The lowest BCUT2D eigenvalue weighted by atomic mass is 9.96. The highest BCUT2D eigenvalue weighted by atomic mass is 32.2. The minimum absolute atomic E-state index is 0.0432. The number of carbonyl (C=O) groups is 4. The lowest BCUT2D eigenvalue weighted by Gasteiger charge is -2.29. The third-order valence-corrected chi connectivity index (χ3v) is 6.21. The van der Waals surface area contributed by atoms with Crippen LogP contribution >= 0.6 is 11.8 Å². The monoisotopic (exact) mass is 517 g/mol. The number of nitrogens with two attached hydrogens (primary N) is 3. The fourth-order valence-corrected chi connectivity index (χ4v) is 3.62. The third kappa shape index (κ3) is 12.6. The number of amides is 3. The SMILES string of the molecule is CCC(C)C(NC(=O)C(NC(=O)C(N)CCCN=C(N)N)C(C)C)C(=O)NC(CCSC)C(=O)O. The summed E-state index contributed by atoms with van der Waals surface area (Å²) in [7, 11) is 0. The average molecular weight is 518 g/mol. The Balaban J connectivity index is 5.33. The summed E-state index contributed by atoms with van der Waals surface area (Å²) in [6.45, 7) is 7.50. The van der Waals surface area contributed by atoms with Crippen LogP contribution in [0.2, 0.25) is 0 Å². The standard InChI is InChI=1S/C22H43N7O5S/c1-6-13(4)17(20(32)27-15(21(33)34)9-11-35-5)29-19(31)16(12(2)3)28-18(30)14(23)8-7-10-26-22(24)25/h12-17H,6-11,23H2,1-5H3,(H,27,32)(H,28,30)(H,29,31)(H,33,34)(H4,24,25,26). The van der Waals surface area contributed by atoms with Crippen molar-refractivity contribution in [3.8, 4) is 0 Å². The molecule has 13 heteroatoms. The second-order valence-corrected chi connectivity index (χ2v) is 9.82. The van der Waals surface area contributed by atoms with E-state index in [4.69, 9.17) is 17.2 Å². The number of carboxylic acids is 1. The molecule has 0 aliphatic heterocycles. The first-order valence-electron chi connectivity index (χ1n) is 11.8. The minimum Gasteiger partial charge on any atom is -0.480 e. The van der Waals surface area contributed by atoms with Gasteiger partial charge in [-0.05, 0) is 43.1 Å². The van der Waals surface area contributed by atoms with Crippen LogP contribution in [0.5, 0.6) is 0 Å². The second kappa shape index (κ2) is 17.0. The smallest absolute Gasteiger partial charge is 0.326 e. The number of hydrogen-bond acceptors (Lipinski definition) is 7. The fraction of sp³-hybridized carbons (Fsp3) is 0.773. The van der Waals surface area contributed by atoms with Crippen LogP contribution in [0.3, 0.4) is 0 Å². The third-order valence-electron chi connectivity index (χ3n) is 5.57. The van der Waals surface area contributed by atoms with E-state index in [2.05, 4.69) is 20.9 Å². The lowest BCUT2D eigenvalue weighted by Crippen LogP contribution is -2.59. The summed E-state index contributed by atoms with van der Waals surface area (Å²) in [5.74, 6) is -2.80. The Morgan fingerprint density at radius 1 is 0.943 bits per heavy atom. The molecule has 0 aliphatic rings. The second-order valence-electron chi connectivity index (χ2n) is 8.84. The molecule has 0 radical (unpaired) electrons. The van der Waals surface area contributed by atoms with Gasteiger partial charge in [0.05, 0.1) is 6.04 Å². The van der Waals surface area contributed by atoms with Crippen molar-refractivity contribution in [2.75, 3.05) is 18.6 Å². The summed E-state index contributed by atoms with van der Waals surface area (Å²) in [4.78, 5) is 54.0. The number of nitrogens with zero attached hydrogens (tertiary/aromatic N) is 1. The number of carboxylic acid groups (broad SMARTS) is 1. The Labute approximate surface area is 212 Å². The zero-order valence-electron chi connectivity index (χ0n) is 21.4. The first-order valence-corrected chi connectivity index (χ1v) is 13.2. The van der Waals surface area contributed by atoms with Gasteiger partial charge < -0.3 is 38.3 Å². The van der Waals surface area contributed by atoms with Gasteiger partial charge in [-0.3, -0.25) is 19.4 Å². The summed E-state index contributed by atoms with van der Waals surface area (Å²) in [5.41, 5.74) is 16.5. The number of guanidine groups is 1. The lowest BCUT2D eigenvalue weighted by molar-refractivity contribution is -0.142. The highest BCUT2D eigenvalue weighted by Gasteiger charge is 2.33. The Hall–Kier alpha value is -2.54. The zero-order chi connectivity index (χ0) is 27.1. The van der Waals surface area contributed by atoms with Crippen molar-refractivity contribution < 1.29 is 24.3 Å². The quantitative estimate of drug-likeness (QED) is 0.0740. The van der Waals surface area contributed by atoms with Crippen molar-refractivity contribution in [1.29, 1.82) is 0 Å². The maximum absolute atomic E-state index is 13.1. The van der Waals surface area contributed by atoms with Crippen molar-refractivity contribution in [2.45, 2.75) is 77.5 Å². The van der Waals surface area contributed by atoms with Gasteiger partial charge in [-0.25, -0.2) is 4.79 Å². The van der Waals surface area contributed by atoms with Gasteiger partial charge >= 0.3 is 5.97 Å². The number of carbonyl (C=O) groups excluding carboxylic acids is 3. The molecular formula is C22H43N7O5S. The van der Waals surface area contributed by atoms with Crippen LogP contribution in [-0.2, 0) is 19.2 Å². The van der Waals surface area contributed by atoms with Gasteiger partial charge in [0.1, 0.15) is 18.1 Å². The van der Waals surface area contributed by atoms with Gasteiger partial charge in [0.15, 0.2) is 5.96 Å². The molecular weight excluding hydrogens is 474 g/mol. The molecule has 0 bridgehead atoms. The van der Waals surface area contributed by atoms with Crippen molar-refractivity contribution in [1.82, 2.24) is 16.0 Å². The van der Waals surface area contributed by atoms with Gasteiger partial charge in [-0.15, -0.1) is 0 Å². The predicted octanol–water partition coefficient (Wildman–Crippen LogP) is -0.638. The topological polar surface area (TPSA) is 215 Å². The molecule has 3 amide bonds. The molecule has 0 rings (SSSR count). The first kappa shape index (κ1) is 32.5. The highest BCUT2D eigenvalue weighted by Crippen LogP contribution is 2.12. The molecule has 202 valence electrons. The molecule has 0 spiro atoms. The summed E-state index contributed by atoms with van der Waals surface area (Å²) in [6, 6.07) is -3.82. The Morgan fingerprint density at radius 3 is 2.00 bits per heavy atom. The molecule has 0 fully saturated rings. The van der Waals surface area contributed by atoms with E-state index in [0.29, 0.717) is 31.6 Å². The summed E-state index contributed by atoms with van der Waals surface area (Å²) >= 11 is 1.47. The van der Waals surface area contributed by atoms with Crippen LogP contribution in [0.15, 0.2) is 4.99 Å². The molecule has 0 aliphatic carbocycles. The van der Waals surface area contributed by atoms with Crippen LogP contribution in [0.25, 0.3) is 0 Å². The number of aliphatic imine (C=N–C) groups is 1. The Morgan fingerprint density at radius 2 is 1.51 bits per heavy atom. The highest BCUT2D eigenvalue weighted by molar-refractivity contribution is 7.98. The van der Waals surface area contributed by atoms with Crippen molar-refractivity contribution in [2.24, 2.45) is 34.0 Å². The van der Waals surface area contributed by atoms with E-state index in [-0.39, 0.29) is 24.2 Å². The Bertz CT molecular complexity index is 731. The minimum atomic E-state index is -1.14.